The molecular formula is C14H18BrN3O2. The monoisotopic (exact) mass is 339 g/mol. The largest absolute Gasteiger partial charge is 0.330 e. The maximum absolute atomic E-state index is 12.0. The molecular weight excluding hydrogens is 322 g/mol. The summed E-state index contributed by atoms with van der Waals surface area (Å²) < 4.78 is 0.676. The van der Waals surface area contributed by atoms with Crippen molar-refractivity contribution in [3.8, 4) is 0 Å². The van der Waals surface area contributed by atoms with Crippen molar-refractivity contribution >= 4 is 27.7 Å². The van der Waals surface area contributed by atoms with E-state index < -0.39 is 0 Å². The molecule has 5 nitrogen and oxygen atoms in total. The highest BCUT2D eigenvalue weighted by Crippen LogP contribution is 2.16. The molecule has 0 saturated carbocycles. The van der Waals surface area contributed by atoms with Gasteiger partial charge in [0.25, 0.3) is 5.91 Å². The van der Waals surface area contributed by atoms with Crippen LogP contribution in [0.25, 0.3) is 0 Å². The number of carbonyl (C=O) groups is 2. The van der Waals surface area contributed by atoms with E-state index in [9.17, 15) is 9.59 Å². The minimum Gasteiger partial charge on any atom is -0.330 e. The zero-order valence-corrected chi connectivity index (χ0v) is 12.7. The predicted molar refractivity (Wildman–Crippen MR) is 80.2 cm³/mol. The van der Waals surface area contributed by atoms with E-state index in [1.54, 1.807) is 18.2 Å². The van der Waals surface area contributed by atoms with Crippen molar-refractivity contribution in [3.63, 3.8) is 0 Å². The maximum Gasteiger partial charge on any atom is 0.259 e. The summed E-state index contributed by atoms with van der Waals surface area (Å²) in [5.74, 6) is -0.192. The van der Waals surface area contributed by atoms with E-state index in [0.29, 0.717) is 22.5 Å². The average molecular weight is 340 g/mol. The Hall–Kier alpha value is -1.24. The summed E-state index contributed by atoms with van der Waals surface area (Å²) in [5, 5.41) is 2.42. The Morgan fingerprint density at radius 1 is 1.40 bits per heavy atom. The third-order valence-electron chi connectivity index (χ3n) is 3.44. The van der Waals surface area contributed by atoms with Gasteiger partial charge in [-0.1, -0.05) is 12.1 Å². The molecule has 1 aliphatic rings. The number of halogens is 1. The van der Waals surface area contributed by atoms with Crippen molar-refractivity contribution in [2.24, 2.45) is 11.7 Å². The molecule has 2 amide bonds. The number of likely N-dealkylation sites (tertiary alicyclic amines) is 1. The number of amides is 2. The summed E-state index contributed by atoms with van der Waals surface area (Å²) in [7, 11) is 0. The summed E-state index contributed by atoms with van der Waals surface area (Å²) in [6, 6.07) is 7.02. The number of nitrogens with one attached hydrogen (secondary N) is 1. The van der Waals surface area contributed by atoms with Crippen LogP contribution in [0.2, 0.25) is 0 Å². The highest BCUT2D eigenvalue weighted by molar-refractivity contribution is 9.10. The molecule has 0 bridgehead atoms. The first kappa shape index (κ1) is 15.2. The van der Waals surface area contributed by atoms with Gasteiger partial charge < -0.3 is 5.73 Å². The summed E-state index contributed by atoms with van der Waals surface area (Å²) in [6.45, 7) is 2.58. The van der Waals surface area contributed by atoms with Crippen molar-refractivity contribution in [2.45, 2.75) is 6.42 Å². The number of benzene rings is 1. The van der Waals surface area contributed by atoms with E-state index in [0.717, 1.165) is 19.5 Å². The summed E-state index contributed by atoms with van der Waals surface area (Å²) >= 11 is 3.30. The molecule has 1 saturated heterocycles. The molecule has 1 atom stereocenters. The Morgan fingerprint density at radius 2 is 2.15 bits per heavy atom. The van der Waals surface area contributed by atoms with Crippen LogP contribution < -0.4 is 11.1 Å². The molecule has 1 heterocycles. The van der Waals surface area contributed by atoms with Gasteiger partial charge in [-0.2, -0.15) is 0 Å². The van der Waals surface area contributed by atoms with Crippen molar-refractivity contribution in [3.05, 3.63) is 34.3 Å². The highest BCUT2D eigenvalue weighted by Gasteiger charge is 2.23. The molecule has 1 aliphatic heterocycles. The number of nitrogens with zero attached hydrogens (tertiary/aromatic N) is 1. The van der Waals surface area contributed by atoms with E-state index in [1.165, 1.54) is 0 Å². The Kier molecular flexibility index (Phi) is 5.28. The normalized spacial score (nSPS) is 19.0. The standard InChI is InChI=1S/C14H18BrN3O2/c15-12-4-2-1-3-11(12)14(20)17-13(19)9-18-6-5-10(7-16)8-18/h1-4,10H,5-9,16H2,(H,17,19,20). The molecule has 1 unspecified atom stereocenters. The quantitative estimate of drug-likeness (QED) is 0.857. The highest BCUT2D eigenvalue weighted by atomic mass is 79.9. The molecule has 6 heteroatoms. The number of nitrogens with two attached hydrogens (primary N) is 1. The first-order valence-electron chi connectivity index (χ1n) is 6.61. The lowest BCUT2D eigenvalue weighted by Crippen LogP contribution is -2.39. The van der Waals surface area contributed by atoms with Gasteiger partial charge in [0.05, 0.1) is 12.1 Å². The van der Waals surface area contributed by atoms with E-state index in [2.05, 4.69) is 21.2 Å². The van der Waals surface area contributed by atoms with Crippen LogP contribution in [0.15, 0.2) is 28.7 Å². The fraction of sp³-hybridized carbons (Fsp3) is 0.429. The van der Waals surface area contributed by atoms with Crippen LogP contribution in [-0.4, -0.2) is 42.9 Å². The van der Waals surface area contributed by atoms with Crippen LogP contribution in [0.5, 0.6) is 0 Å². The van der Waals surface area contributed by atoms with Crippen molar-refractivity contribution in [1.29, 1.82) is 0 Å². The molecule has 108 valence electrons. The fourth-order valence-corrected chi connectivity index (χ4v) is 2.80. The number of rotatable bonds is 4. The first-order chi connectivity index (χ1) is 9.60. The SMILES string of the molecule is NCC1CCN(CC(=O)NC(=O)c2ccccc2Br)C1. The Morgan fingerprint density at radius 3 is 2.80 bits per heavy atom. The number of carbonyl (C=O) groups excluding carboxylic acids is 2. The van der Waals surface area contributed by atoms with Gasteiger partial charge in [-0.15, -0.1) is 0 Å². The van der Waals surface area contributed by atoms with E-state index in [4.69, 9.17) is 5.73 Å². The first-order valence-corrected chi connectivity index (χ1v) is 7.40. The molecule has 1 fully saturated rings. The minimum absolute atomic E-state index is 0.243. The summed E-state index contributed by atoms with van der Waals surface area (Å²) in [4.78, 5) is 25.9. The minimum atomic E-state index is -0.378. The zero-order valence-electron chi connectivity index (χ0n) is 11.1. The van der Waals surface area contributed by atoms with Crippen molar-refractivity contribution in [2.75, 3.05) is 26.2 Å². The summed E-state index contributed by atoms with van der Waals surface area (Å²) in [5.41, 5.74) is 6.07. The molecule has 0 spiro atoms. The second-order valence-electron chi connectivity index (χ2n) is 4.98. The van der Waals surface area contributed by atoms with Crippen LogP contribution in [0.4, 0.5) is 0 Å². The lowest BCUT2D eigenvalue weighted by atomic mass is 10.1. The van der Waals surface area contributed by atoms with E-state index in [-0.39, 0.29) is 18.4 Å². The molecule has 0 aliphatic carbocycles. The molecule has 3 N–H and O–H groups in total. The fourth-order valence-electron chi connectivity index (χ4n) is 2.33. The smallest absolute Gasteiger partial charge is 0.259 e. The van der Waals surface area contributed by atoms with Crippen LogP contribution in [0, 0.1) is 5.92 Å². The molecule has 0 radical (unpaired) electrons. The Balaban J connectivity index is 1.86. The number of imide groups is 1. The van der Waals surface area contributed by atoms with Crippen LogP contribution in [-0.2, 0) is 4.79 Å². The van der Waals surface area contributed by atoms with Gasteiger partial charge in [0.2, 0.25) is 5.91 Å². The van der Waals surface area contributed by atoms with Crippen molar-refractivity contribution in [1.82, 2.24) is 10.2 Å². The molecule has 0 aromatic heterocycles. The van der Waals surface area contributed by atoms with Crippen LogP contribution >= 0.6 is 15.9 Å². The lowest BCUT2D eigenvalue weighted by Gasteiger charge is -2.15. The molecule has 2 rings (SSSR count). The maximum atomic E-state index is 12.0. The Labute approximate surface area is 126 Å². The van der Waals surface area contributed by atoms with Gasteiger partial charge in [0.15, 0.2) is 0 Å². The van der Waals surface area contributed by atoms with Gasteiger partial charge in [-0.3, -0.25) is 19.8 Å². The summed E-state index contributed by atoms with van der Waals surface area (Å²) in [6.07, 6.45) is 1.02. The number of hydrogen-bond donors (Lipinski definition) is 2. The topological polar surface area (TPSA) is 75.4 Å². The molecule has 1 aromatic rings. The second-order valence-corrected chi connectivity index (χ2v) is 5.84. The number of hydrogen-bond acceptors (Lipinski definition) is 4. The lowest BCUT2D eigenvalue weighted by molar-refractivity contribution is -0.121. The van der Waals surface area contributed by atoms with Gasteiger partial charge in [-0.25, -0.2) is 0 Å². The Bertz CT molecular complexity index is 507. The van der Waals surface area contributed by atoms with Crippen LogP contribution in [0.1, 0.15) is 16.8 Å². The van der Waals surface area contributed by atoms with Gasteiger partial charge in [0, 0.05) is 11.0 Å². The van der Waals surface area contributed by atoms with Crippen molar-refractivity contribution < 1.29 is 9.59 Å². The van der Waals surface area contributed by atoms with Crippen LogP contribution in [0.3, 0.4) is 0 Å². The van der Waals surface area contributed by atoms with Gasteiger partial charge >= 0.3 is 0 Å². The second kappa shape index (κ2) is 6.97. The molecule has 1 aromatic carbocycles. The third-order valence-corrected chi connectivity index (χ3v) is 4.13. The van der Waals surface area contributed by atoms with Gasteiger partial charge in [0.1, 0.15) is 0 Å². The predicted octanol–water partition coefficient (Wildman–Crippen LogP) is 0.986. The van der Waals surface area contributed by atoms with E-state index in [1.807, 2.05) is 11.0 Å². The zero-order chi connectivity index (χ0) is 14.5. The average Bonchev–Trinajstić information content (AvgIpc) is 2.86. The van der Waals surface area contributed by atoms with E-state index >= 15 is 0 Å². The third kappa shape index (κ3) is 3.88. The molecule has 20 heavy (non-hydrogen) atoms. The van der Waals surface area contributed by atoms with Gasteiger partial charge in [-0.05, 0) is 53.5 Å².